The van der Waals surface area contributed by atoms with Crippen LogP contribution < -0.4 is 4.74 Å². The van der Waals surface area contributed by atoms with Crippen molar-refractivity contribution in [3.63, 3.8) is 0 Å². The number of rotatable bonds is 3. The molecule has 1 heterocycles. The molecule has 0 aromatic heterocycles. The van der Waals surface area contributed by atoms with Gasteiger partial charge in [0.05, 0.1) is 6.61 Å². The maximum absolute atomic E-state index is 5.67. The molecule has 1 aromatic carbocycles. The number of ether oxygens (including phenoxy) is 2. The number of hydrogen-bond donors (Lipinski definition) is 0. The molecule has 1 saturated heterocycles. The Bertz CT molecular complexity index is 345. The summed E-state index contributed by atoms with van der Waals surface area (Å²) in [5.41, 5.74) is 1.10. The van der Waals surface area contributed by atoms with Gasteiger partial charge in [0.15, 0.2) is 0 Å². The van der Waals surface area contributed by atoms with Gasteiger partial charge in [0, 0.05) is 4.47 Å². The van der Waals surface area contributed by atoms with Gasteiger partial charge >= 0.3 is 0 Å². The molecular formula is C11H13BrO2. The van der Waals surface area contributed by atoms with Gasteiger partial charge in [-0.3, -0.25) is 0 Å². The highest BCUT2D eigenvalue weighted by atomic mass is 79.9. The van der Waals surface area contributed by atoms with Crippen molar-refractivity contribution in [1.82, 2.24) is 0 Å². The Labute approximate surface area is 92.3 Å². The molecule has 0 bridgehead atoms. The van der Waals surface area contributed by atoms with Gasteiger partial charge in [-0.1, -0.05) is 15.9 Å². The third-order valence-corrected chi connectivity index (χ3v) is 2.80. The van der Waals surface area contributed by atoms with Crippen LogP contribution in [0.2, 0.25) is 0 Å². The Morgan fingerprint density at radius 1 is 1.57 bits per heavy atom. The molecule has 76 valence electrons. The average molecular weight is 257 g/mol. The second-order valence-corrected chi connectivity index (χ2v) is 4.85. The molecule has 0 aliphatic carbocycles. The second kappa shape index (κ2) is 3.55. The molecule has 1 aliphatic heterocycles. The maximum atomic E-state index is 5.67. The highest BCUT2D eigenvalue weighted by Crippen LogP contribution is 2.28. The number of hydrogen-bond acceptors (Lipinski definition) is 2. The van der Waals surface area contributed by atoms with Crippen molar-refractivity contribution in [3.8, 4) is 5.75 Å². The van der Waals surface area contributed by atoms with Gasteiger partial charge in [0.1, 0.15) is 18.0 Å². The first-order valence-electron chi connectivity index (χ1n) is 4.62. The van der Waals surface area contributed by atoms with E-state index in [1.807, 2.05) is 25.1 Å². The van der Waals surface area contributed by atoms with E-state index in [0.29, 0.717) is 6.61 Å². The van der Waals surface area contributed by atoms with Crippen molar-refractivity contribution in [3.05, 3.63) is 28.2 Å². The van der Waals surface area contributed by atoms with Crippen LogP contribution in [0.1, 0.15) is 12.5 Å². The minimum absolute atomic E-state index is 0.0421. The predicted octanol–water partition coefficient (Wildman–Crippen LogP) is 2.93. The number of halogens is 1. The fraction of sp³-hybridized carbons (Fsp3) is 0.455. The molecule has 1 aromatic rings. The molecule has 1 unspecified atom stereocenters. The molecule has 0 N–H and O–H groups in total. The van der Waals surface area contributed by atoms with E-state index in [2.05, 4.69) is 22.9 Å². The van der Waals surface area contributed by atoms with Gasteiger partial charge in [-0.2, -0.15) is 0 Å². The summed E-state index contributed by atoms with van der Waals surface area (Å²) < 4.78 is 12.0. The SMILES string of the molecule is Cc1cc(Br)ccc1OCC1(C)CO1. The first-order valence-corrected chi connectivity index (χ1v) is 5.41. The van der Waals surface area contributed by atoms with Gasteiger partial charge in [-0.15, -0.1) is 0 Å². The molecule has 0 saturated carbocycles. The van der Waals surface area contributed by atoms with Crippen molar-refractivity contribution < 1.29 is 9.47 Å². The van der Waals surface area contributed by atoms with Gasteiger partial charge < -0.3 is 9.47 Å². The molecule has 2 rings (SSSR count). The van der Waals surface area contributed by atoms with Crippen molar-refractivity contribution in [1.29, 1.82) is 0 Å². The summed E-state index contributed by atoms with van der Waals surface area (Å²) in [4.78, 5) is 0. The number of epoxide rings is 1. The molecule has 14 heavy (non-hydrogen) atoms. The topological polar surface area (TPSA) is 21.8 Å². The molecule has 1 aliphatic rings. The maximum Gasteiger partial charge on any atom is 0.123 e. The van der Waals surface area contributed by atoms with Gasteiger partial charge in [0.25, 0.3) is 0 Å². The van der Waals surface area contributed by atoms with Crippen molar-refractivity contribution >= 4 is 15.9 Å². The van der Waals surface area contributed by atoms with Crippen LogP contribution in [0.15, 0.2) is 22.7 Å². The van der Waals surface area contributed by atoms with E-state index in [1.54, 1.807) is 0 Å². The lowest BCUT2D eigenvalue weighted by Gasteiger charge is -2.11. The number of benzene rings is 1. The Kier molecular flexibility index (Phi) is 2.54. The first-order chi connectivity index (χ1) is 6.59. The Morgan fingerprint density at radius 3 is 2.86 bits per heavy atom. The van der Waals surface area contributed by atoms with Gasteiger partial charge in [-0.05, 0) is 37.6 Å². The summed E-state index contributed by atoms with van der Waals surface area (Å²) in [5, 5.41) is 0. The molecule has 2 nitrogen and oxygen atoms in total. The lowest BCUT2D eigenvalue weighted by molar-refractivity contribution is 0.201. The summed E-state index contributed by atoms with van der Waals surface area (Å²) in [5.74, 6) is 0.935. The average Bonchev–Trinajstić information content (AvgIpc) is 2.83. The lowest BCUT2D eigenvalue weighted by Crippen LogP contribution is -2.17. The zero-order valence-electron chi connectivity index (χ0n) is 8.34. The first kappa shape index (κ1) is 9.99. The molecule has 3 heteroatoms. The summed E-state index contributed by atoms with van der Waals surface area (Å²) >= 11 is 3.42. The molecular weight excluding hydrogens is 244 g/mol. The Balaban J connectivity index is 2.02. The van der Waals surface area contributed by atoms with Gasteiger partial charge in [-0.25, -0.2) is 0 Å². The predicted molar refractivity (Wildman–Crippen MR) is 58.7 cm³/mol. The quantitative estimate of drug-likeness (QED) is 0.776. The van der Waals surface area contributed by atoms with Crippen LogP contribution in [0.25, 0.3) is 0 Å². The summed E-state index contributed by atoms with van der Waals surface area (Å²) in [6, 6.07) is 6.01. The summed E-state index contributed by atoms with van der Waals surface area (Å²) in [7, 11) is 0. The van der Waals surface area contributed by atoms with Crippen LogP contribution in [0.3, 0.4) is 0 Å². The third kappa shape index (κ3) is 2.28. The van der Waals surface area contributed by atoms with Gasteiger partial charge in [0.2, 0.25) is 0 Å². The Hall–Kier alpha value is -0.540. The van der Waals surface area contributed by atoms with E-state index >= 15 is 0 Å². The van der Waals surface area contributed by atoms with E-state index in [0.717, 1.165) is 22.4 Å². The fourth-order valence-corrected chi connectivity index (χ4v) is 1.69. The highest BCUT2D eigenvalue weighted by molar-refractivity contribution is 9.10. The molecule has 0 spiro atoms. The zero-order valence-corrected chi connectivity index (χ0v) is 9.93. The Morgan fingerprint density at radius 2 is 2.29 bits per heavy atom. The summed E-state index contributed by atoms with van der Waals surface area (Å²) in [6.07, 6.45) is 0. The monoisotopic (exact) mass is 256 g/mol. The minimum Gasteiger partial charge on any atom is -0.490 e. The molecule has 0 radical (unpaired) electrons. The zero-order chi connectivity index (χ0) is 10.2. The lowest BCUT2D eigenvalue weighted by atomic mass is 10.2. The largest absolute Gasteiger partial charge is 0.490 e. The van der Waals surface area contributed by atoms with E-state index in [1.165, 1.54) is 0 Å². The molecule has 0 amide bonds. The minimum atomic E-state index is -0.0421. The fourth-order valence-electron chi connectivity index (χ4n) is 1.21. The van der Waals surface area contributed by atoms with E-state index in [-0.39, 0.29) is 5.60 Å². The van der Waals surface area contributed by atoms with Crippen LogP contribution in [-0.2, 0) is 4.74 Å². The second-order valence-electron chi connectivity index (χ2n) is 3.94. The van der Waals surface area contributed by atoms with Crippen LogP contribution in [0.4, 0.5) is 0 Å². The van der Waals surface area contributed by atoms with E-state index in [9.17, 15) is 0 Å². The highest BCUT2D eigenvalue weighted by Gasteiger charge is 2.40. The van der Waals surface area contributed by atoms with Crippen molar-refractivity contribution in [2.75, 3.05) is 13.2 Å². The number of aryl methyl sites for hydroxylation is 1. The standard InChI is InChI=1S/C11H13BrO2/c1-8-5-9(12)3-4-10(8)13-6-11(2)7-14-11/h3-5H,6-7H2,1-2H3. The van der Waals surface area contributed by atoms with E-state index < -0.39 is 0 Å². The molecule has 1 atom stereocenters. The van der Waals surface area contributed by atoms with Crippen LogP contribution in [-0.4, -0.2) is 18.8 Å². The van der Waals surface area contributed by atoms with Crippen LogP contribution >= 0.6 is 15.9 Å². The van der Waals surface area contributed by atoms with Crippen LogP contribution in [0.5, 0.6) is 5.75 Å². The van der Waals surface area contributed by atoms with E-state index in [4.69, 9.17) is 9.47 Å². The normalized spacial score (nSPS) is 24.8. The smallest absolute Gasteiger partial charge is 0.123 e. The van der Waals surface area contributed by atoms with Crippen LogP contribution in [0, 0.1) is 6.92 Å². The third-order valence-electron chi connectivity index (χ3n) is 2.31. The summed E-state index contributed by atoms with van der Waals surface area (Å²) in [6.45, 7) is 5.54. The molecule has 1 fully saturated rings. The van der Waals surface area contributed by atoms with Crippen molar-refractivity contribution in [2.24, 2.45) is 0 Å². The van der Waals surface area contributed by atoms with Crippen molar-refractivity contribution in [2.45, 2.75) is 19.4 Å².